The smallest absolute Gasteiger partial charge is 0.216 e. The summed E-state index contributed by atoms with van der Waals surface area (Å²) in [6.45, 7) is 1.83. The van der Waals surface area contributed by atoms with E-state index in [0.29, 0.717) is 0 Å². The highest BCUT2D eigenvalue weighted by atomic mass is 16.6. The lowest BCUT2D eigenvalue weighted by molar-refractivity contribution is -0.482. The highest BCUT2D eigenvalue weighted by molar-refractivity contribution is 5.68. The Bertz CT molecular complexity index is 1090. The highest BCUT2D eigenvalue weighted by Gasteiger charge is 2.28. The third kappa shape index (κ3) is 3.31. The second-order valence-electron chi connectivity index (χ2n) is 6.62. The maximum atomic E-state index is 11.5. The van der Waals surface area contributed by atoms with E-state index < -0.39 is 5.92 Å². The van der Waals surface area contributed by atoms with Crippen LogP contribution in [0.15, 0.2) is 79.0 Å². The zero-order valence-electron chi connectivity index (χ0n) is 14.9. The van der Waals surface area contributed by atoms with Gasteiger partial charge in [-0.2, -0.15) is 0 Å². The zero-order valence-corrected chi connectivity index (χ0v) is 14.9. The van der Waals surface area contributed by atoms with Gasteiger partial charge in [0.25, 0.3) is 0 Å². The Kier molecular flexibility index (Phi) is 4.42. The number of benzene rings is 2. The predicted molar refractivity (Wildman–Crippen MR) is 106 cm³/mol. The van der Waals surface area contributed by atoms with E-state index >= 15 is 0 Å². The third-order valence-corrected chi connectivity index (χ3v) is 4.73. The number of imidazole rings is 1. The molecule has 0 aliphatic rings. The van der Waals surface area contributed by atoms with Crippen LogP contribution < -0.4 is 0 Å². The molecule has 0 aliphatic carbocycles. The Balaban J connectivity index is 2.01. The second-order valence-corrected chi connectivity index (χ2v) is 6.62. The number of hydrogen-bond donors (Lipinski definition) is 0. The molecule has 0 saturated carbocycles. The average molecular weight is 357 g/mol. The van der Waals surface area contributed by atoms with Crippen molar-refractivity contribution in [3.8, 4) is 11.3 Å². The van der Waals surface area contributed by atoms with Gasteiger partial charge >= 0.3 is 0 Å². The van der Waals surface area contributed by atoms with E-state index in [-0.39, 0.29) is 11.5 Å². The van der Waals surface area contributed by atoms with Crippen molar-refractivity contribution in [1.82, 2.24) is 9.38 Å². The summed E-state index contributed by atoms with van der Waals surface area (Å²) < 4.78 is 1.98. The number of nitro groups is 1. The molecule has 27 heavy (non-hydrogen) atoms. The number of hydrogen-bond acceptors (Lipinski definition) is 3. The van der Waals surface area contributed by atoms with E-state index in [2.05, 4.69) is 0 Å². The molecule has 0 N–H and O–H groups in total. The number of pyridine rings is 1. The van der Waals surface area contributed by atoms with Gasteiger partial charge in [-0.05, 0) is 30.2 Å². The molecular weight excluding hydrogens is 338 g/mol. The summed E-state index contributed by atoms with van der Waals surface area (Å²) in [5.74, 6) is -0.394. The van der Waals surface area contributed by atoms with Gasteiger partial charge in [-0.3, -0.25) is 10.1 Å². The molecule has 134 valence electrons. The van der Waals surface area contributed by atoms with Crippen LogP contribution in [0.3, 0.4) is 0 Å². The molecule has 2 aromatic heterocycles. The minimum atomic E-state index is -0.394. The summed E-state index contributed by atoms with van der Waals surface area (Å²) in [6, 6.07) is 23.5. The van der Waals surface area contributed by atoms with Crippen LogP contribution in [0.25, 0.3) is 16.9 Å². The van der Waals surface area contributed by atoms with Crippen molar-refractivity contribution < 1.29 is 4.92 Å². The maximum absolute atomic E-state index is 11.5. The molecule has 1 atom stereocenters. The van der Waals surface area contributed by atoms with Crippen molar-refractivity contribution in [3.05, 3.63) is 106 Å². The van der Waals surface area contributed by atoms with Crippen LogP contribution in [0.4, 0.5) is 0 Å². The molecule has 4 rings (SSSR count). The molecule has 5 heteroatoms. The lowest BCUT2D eigenvalue weighted by Gasteiger charge is -2.16. The van der Waals surface area contributed by atoms with Crippen molar-refractivity contribution in [3.63, 3.8) is 0 Å². The van der Waals surface area contributed by atoms with E-state index in [1.807, 2.05) is 90.3 Å². The number of aryl methyl sites for hydroxylation is 1. The number of aromatic nitrogens is 2. The van der Waals surface area contributed by atoms with Gasteiger partial charge in [0.2, 0.25) is 6.54 Å². The van der Waals surface area contributed by atoms with Crippen LogP contribution in [0.1, 0.15) is 22.7 Å². The van der Waals surface area contributed by atoms with Gasteiger partial charge in [0.1, 0.15) is 5.65 Å². The Morgan fingerprint density at radius 3 is 2.37 bits per heavy atom. The molecule has 0 radical (unpaired) electrons. The van der Waals surface area contributed by atoms with E-state index in [0.717, 1.165) is 33.7 Å². The summed E-state index contributed by atoms with van der Waals surface area (Å²) >= 11 is 0. The van der Waals surface area contributed by atoms with Crippen molar-refractivity contribution in [2.24, 2.45) is 0 Å². The van der Waals surface area contributed by atoms with Crippen LogP contribution in [-0.4, -0.2) is 20.9 Å². The quantitative estimate of drug-likeness (QED) is 0.384. The highest BCUT2D eigenvalue weighted by Crippen LogP contribution is 2.34. The fourth-order valence-electron chi connectivity index (χ4n) is 3.49. The van der Waals surface area contributed by atoms with Gasteiger partial charge < -0.3 is 4.40 Å². The van der Waals surface area contributed by atoms with Gasteiger partial charge in [-0.1, -0.05) is 60.7 Å². The molecule has 0 amide bonds. The summed E-state index contributed by atoms with van der Waals surface area (Å²) in [5.41, 5.74) is 5.40. The summed E-state index contributed by atoms with van der Waals surface area (Å²) in [6.07, 6.45) is 1.95. The zero-order chi connectivity index (χ0) is 18.8. The first kappa shape index (κ1) is 17.0. The molecular formula is C22H19N3O2. The Morgan fingerprint density at radius 2 is 1.70 bits per heavy atom. The minimum absolute atomic E-state index is 0.189. The first-order valence-corrected chi connectivity index (χ1v) is 8.84. The Hall–Kier alpha value is -3.47. The van der Waals surface area contributed by atoms with Crippen molar-refractivity contribution >= 4 is 5.65 Å². The Morgan fingerprint density at radius 1 is 1.04 bits per heavy atom. The summed E-state index contributed by atoms with van der Waals surface area (Å²) in [4.78, 5) is 16.1. The number of fused-ring (bicyclic) bond motifs is 1. The molecule has 0 saturated heterocycles. The Labute approximate surface area is 157 Å². The molecule has 0 bridgehead atoms. The standard InChI is InChI=1S/C22H19N3O2/c1-16-12-13-24-20(14-16)23-21(18-10-6-3-7-11-18)22(24)19(15-25(26)27)17-8-4-2-5-9-17/h2-14,19H,15H2,1H3. The lowest BCUT2D eigenvalue weighted by atomic mass is 9.92. The van der Waals surface area contributed by atoms with Gasteiger partial charge in [0, 0.05) is 16.7 Å². The van der Waals surface area contributed by atoms with Crippen molar-refractivity contribution in [2.45, 2.75) is 12.8 Å². The summed E-state index contributed by atoms with van der Waals surface area (Å²) in [7, 11) is 0. The maximum Gasteiger partial charge on any atom is 0.216 e. The predicted octanol–water partition coefficient (Wildman–Crippen LogP) is 4.72. The second kappa shape index (κ2) is 7.03. The lowest BCUT2D eigenvalue weighted by Crippen LogP contribution is -2.16. The topological polar surface area (TPSA) is 60.4 Å². The molecule has 2 heterocycles. The molecule has 0 aliphatic heterocycles. The van der Waals surface area contributed by atoms with E-state index in [1.54, 1.807) is 0 Å². The van der Waals surface area contributed by atoms with Gasteiger partial charge in [0.05, 0.1) is 17.3 Å². The van der Waals surface area contributed by atoms with Gasteiger partial charge in [0.15, 0.2) is 0 Å². The van der Waals surface area contributed by atoms with Crippen LogP contribution >= 0.6 is 0 Å². The monoisotopic (exact) mass is 357 g/mol. The largest absolute Gasteiger partial charge is 0.303 e. The van der Waals surface area contributed by atoms with Crippen molar-refractivity contribution in [1.29, 1.82) is 0 Å². The molecule has 4 aromatic rings. The molecule has 0 fully saturated rings. The summed E-state index contributed by atoms with van der Waals surface area (Å²) in [5, 5.41) is 11.5. The van der Waals surface area contributed by atoms with Crippen molar-refractivity contribution in [2.75, 3.05) is 6.54 Å². The number of rotatable bonds is 5. The van der Waals surface area contributed by atoms with Crippen LogP contribution in [0.2, 0.25) is 0 Å². The number of nitrogens with zero attached hydrogens (tertiary/aromatic N) is 3. The SMILES string of the molecule is Cc1ccn2c(C(C[N+](=O)[O-])c3ccccc3)c(-c3ccccc3)nc2c1. The normalized spacial score (nSPS) is 12.2. The fourth-order valence-corrected chi connectivity index (χ4v) is 3.49. The minimum Gasteiger partial charge on any atom is -0.303 e. The average Bonchev–Trinajstić information content (AvgIpc) is 3.05. The van der Waals surface area contributed by atoms with Crippen LogP contribution in [0.5, 0.6) is 0 Å². The molecule has 1 unspecified atom stereocenters. The fraction of sp³-hybridized carbons (Fsp3) is 0.136. The molecule has 0 spiro atoms. The van der Waals surface area contributed by atoms with E-state index in [9.17, 15) is 10.1 Å². The van der Waals surface area contributed by atoms with Crippen LogP contribution in [0, 0.1) is 17.0 Å². The molecule has 5 nitrogen and oxygen atoms in total. The first-order chi connectivity index (χ1) is 13.1. The van der Waals surface area contributed by atoms with Gasteiger partial charge in [-0.15, -0.1) is 0 Å². The first-order valence-electron chi connectivity index (χ1n) is 8.84. The van der Waals surface area contributed by atoms with Gasteiger partial charge in [-0.25, -0.2) is 4.98 Å². The van der Waals surface area contributed by atoms with Crippen LogP contribution in [-0.2, 0) is 0 Å². The third-order valence-electron chi connectivity index (χ3n) is 4.73. The van der Waals surface area contributed by atoms with E-state index in [4.69, 9.17) is 4.98 Å². The molecule has 2 aromatic carbocycles. The van der Waals surface area contributed by atoms with E-state index in [1.165, 1.54) is 0 Å².